The van der Waals surface area contributed by atoms with E-state index >= 15 is 0 Å². The van der Waals surface area contributed by atoms with E-state index in [0.717, 1.165) is 25.7 Å². The van der Waals surface area contributed by atoms with Crippen LogP contribution in [0.15, 0.2) is 29.2 Å². The van der Waals surface area contributed by atoms with Gasteiger partial charge in [-0.3, -0.25) is 0 Å². The third-order valence-corrected chi connectivity index (χ3v) is 5.29. The first-order chi connectivity index (χ1) is 9.98. The molecule has 1 aliphatic rings. The van der Waals surface area contributed by atoms with Gasteiger partial charge in [-0.15, -0.1) is 0 Å². The Morgan fingerprint density at radius 1 is 1.24 bits per heavy atom. The lowest BCUT2D eigenvalue weighted by atomic mass is 10.1. The van der Waals surface area contributed by atoms with Crippen LogP contribution in [-0.4, -0.2) is 33.3 Å². The minimum Gasteiger partial charge on any atom is -0.366 e. The number of para-hydroxylation sites is 1. The van der Waals surface area contributed by atoms with E-state index in [0.29, 0.717) is 18.8 Å². The second-order valence-corrected chi connectivity index (χ2v) is 7.09. The normalized spacial score (nSPS) is 20.6. The molecule has 0 bridgehead atoms. The highest BCUT2D eigenvalue weighted by Gasteiger charge is 2.32. The summed E-state index contributed by atoms with van der Waals surface area (Å²) in [6.07, 6.45) is 3.80. The summed E-state index contributed by atoms with van der Waals surface area (Å²) in [5.41, 5.74) is 6.12. The fourth-order valence-electron chi connectivity index (χ4n) is 2.77. The Morgan fingerprint density at radius 3 is 2.62 bits per heavy atom. The summed E-state index contributed by atoms with van der Waals surface area (Å²) in [7, 11) is -4.62. The van der Waals surface area contributed by atoms with Crippen LogP contribution in [0.1, 0.15) is 25.7 Å². The number of benzene rings is 1. The summed E-state index contributed by atoms with van der Waals surface area (Å²) in [5.74, 6) is -3.41. The van der Waals surface area contributed by atoms with Crippen molar-refractivity contribution in [3.05, 3.63) is 24.3 Å². The smallest absolute Gasteiger partial charge is 0.341 e. The van der Waals surface area contributed by atoms with Crippen LogP contribution in [0.4, 0.5) is 14.5 Å². The van der Waals surface area contributed by atoms with Gasteiger partial charge < -0.3 is 10.6 Å². The number of nitrogens with two attached hydrogens (primary N) is 1. The second kappa shape index (κ2) is 6.70. The highest BCUT2D eigenvalue weighted by Crippen LogP contribution is 2.32. The van der Waals surface area contributed by atoms with Crippen LogP contribution in [0.5, 0.6) is 0 Å². The Morgan fingerprint density at radius 2 is 1.95 bits per heavy atom. The maximum Gasteiger partial charge on any atom is 0.341 e. The van der Waals surface area contributed by atoms with E-state index < -0.39 is 15.6 Å². The molecule has 0 spiro atoms. The van der Waals surface area contributed by atoms with Gasteiger partial charge in [0.2, 0.25) is 9.84 Å². The molecule has 118 valence electrons. The molecule has 1 unspecified atom stereocenters. The van der Waals surface area contributed by atoms with Gasteiger partial charge in [0.15, 0.2) is 0 Å². The van der Waals surface area contributed by atoms with Gasteiger partial charge in [-0.05, 0) is 25.0 Å². The van der Waals surface area contributed by atoms with Crippen LogP contribution < -0.4 is 10.6 Å². The molecule has 2 rings (SSSR count). The molecule has 21 heavy (non-hydrogen) atoms. The maximum absolute atomic E-state index is 12.9. The molecule has 4 nitrogen and oxygen atoms in total. The van der Waals surface area contributed by atoms with Gasteiger partial charge in [0.05, 0.1) is 10.6 Å². The number of halogens is 2. The molecule has 0 amide bonds. The Balaban J connectivity index is 2.48. The molecule has 2 N–H and O–H groups in total. The summed E-state index contributed by atoms with van der Waals surface area (Å²) in [6, 6.07) is 5.95. The minimum atomic E-state index is -4.62. The molecule has 0 radical (unpaired) electrons. The lowest BCUT2D eigenvalue weighted by Crippen LogP contribution is -2.41. The standard InChI is InChI=1S/C14H20F2N2O2S/c15-14(16)21(19,20)13-8-4-3-7-12(13)18-9-5-1-2-6-11(18)10-17/h3-4,7-8,11,14H,1-2,5-6,9-10,17H2. The zero-order valence-electron chi connectivity index (χ0n) is 11.7. The van der Waals surface area contributed by atoms with Crippen molar-refractivity contribution in [2.45, 2.75) is 42.4 Å². The number of hydrogen-bond acceptors (Lipinski definition) is 4. The van der Waals surface area contributed by atoms with Crippen molar-refractivity contribution in [1.29, 1.82) is 0 Å². The molecule has 1 aliphatic heterocycles. The van der Waals surface area contributed by atoms with Crippen molar-refractivity contribution in [1.82, 2.24) is 0 Å². The second-order valence-electron chi connectivity index (χ2n) is 5.21. The van der Waals surface area contributed by atoms with Crippen LogP contribution >= 0.6 is 0 Å². The SMILES string of the molecule is NCC1CCCCCN1c1ccccc1S(=O)(=O)C(F)F. The van der Waals surface area contributed by atoms with Gasteiger partial charge in [0, 0.05) is 19.1 Å². The molecule has 1 fully saturated rings. The predicted molar refractivity (Wildman–Crippen MR) is 78.3 cm³/mol. The third-order valence-electron chi connectivity index (χ3n) is 3.86. The van der Waals surface area contributed by atoms with Crippen LogP contribution in [0.25, 0.3) is 0 Å². The fraction of sp³-hybridized carbons (Fsp3) is 0.571. The van der Waals surface area contributed by atoms with Gasteiger partial charge in [-0.25, -0.2) is 8.42 Å². The minimum absolute atomic E-state index is 0.0125. The van der Waals surface area contributed by atoms with E-state index in [4.69, 9.17) is 5.73 Å². The predicted octanol–water partition coefficient (Wildman–Crippen LogP) is 2.39. The largest absolute Gasteiger partial charge is 0.366 e. The summed E-state index contributed by atoms with van der Waals surface area (Å²) >= 11 is 0. The van der Waals surface area contributed by atoms with Crippen molar-refractivity contribution in [3.63, 3.8) is 0 Å². The van der Waals surface area contributed by atoms with Crippen LogP contribution in [0.2, 0.25) is 0 Å². The Labute approximate surface area is 123 Å². The van der Waals surface area contributed by atoms with E-state index in [-0.39, 0.29) is 10.9 Å². The Hall–Kier alpha value is -1.21. The van der Waals surface area contributed by atoms with Crippen molar-refractivity contribution in [2.24, 2.45) is 5.73 Å². The first-order valence-corrected chi connectivity index (χ1v) is 8.61. The zero-order valence-corrected chi connectivity index (χ0v) is 12.5. The molecule has 7 heteroatoms. The molecule has 0 saturated carbocycles. The van der Waals surface area contributed by atoms with Crippen molar-refractivity contribution in [2.75, 3.05) is 18.0 Å². The van der Waals surface area contributed by atoms with Gasteiger partial charge in [0.1, 0.15) is 0 Å². The van der Waals surface area contributed by atoms with E-state index in [9.17, 15) is 17.2 Å². The molecule has 1 atom stereocenters. The molecule has 0 aromatic heterocycles. The van der Waals surface area contributed by atoms with Crippen LogP contribution in [0.3, 0.4) is 0 Å². The van der Waals surface area contributed by atoms with Gasteiger partial charge in [-0.1, -0.05) is 25.0 Å². The lowest BCUT2D eigenvalue weighted by molar-refractivity contribution is 0.234. The van der Waals surface area contributed by atoms with Crippen LogP contribution in [-0.2, 0) is 9.84 Å². The third kappa shape index (κ3) is 3.35. The van der Waals surface area contributed by atoms with E-state index in [1.165, 1.54) is 12.1 Å². The highest BCUT2D eigenvalue weighted by atomic mass is 32.2. The average molecular weight is 318 g/mol. The fourth-order valence-corrected chi connectivity index (χ4v) is 3.71. The lowest BCUT2D eigenvalue weighted by Gasteiger charge is -2.32. The number of anilines is 1. The maximum atomic E-state index is 12.9. The molecular formula is C14H20F2N2O2S. The van der Waals surface area contributed by atoms with Gasteiger partial charge in [-0.2, -0.15) is 8.78 Å². The first-order valence-electron chi connectivity index (χ1n) is 7.06. The topological polar surface area (TPSA) is 63.4 Å². The number of nitrogens with zero attached hydrogens (tertiary/aromatic N) is 1. The van der Waals surface area contributed by atoms with Gasteiger partial charge in [0.25, 0.3) is 0 Å². The Bertz CT molecular complexity index is 578. The Kier molecular flexibility index (Phi) is 5.16. The van der Waals surface area contributed by atoms with Crippen molar-refractivity contribution >= 4 is 15.5 Å². The number of sulfone groups is 1. The van der Waals surface area contributed by atoms with E-state index in [2.05, 4.69) is 0 Å². The summed E-state index contributed by atoms with van der Waals surface area (Å²) in [4.78, 5) is 1.57. The molecule has 0 aliphatic carbocycles. The summed E-state index contributed by atoms with van der Waals surface area (Å²) in [6.45, 7) is 1.01. The zero-order chi connectivity index (χ0) is 15.5. The highest BCUT2D eigenvalue weighted by molar-refractivity contribution is 7.91. The number of hydrogen-bond donors (Lipinski definition) is 1. The molecule has 1 aromatic rings. The molecule has 1 aromatic carbocycles. The van der Waals surface area contributed by atoms with Gasteiger partial charge >= 0.3 is 5.76 Å². The molecule has 1 heterocycles. The summed E-state index contributed by atoms with van der Waals surface area (Å²) < 4.78 is 49.5. The van der Waals surface area contributed by atoms with Crippen LogP contribution in [0, 0.1) is 0 Å². The average Bonchev–Trinajstić information content (AvgIpc) is 2.72. The molecule has 1 saturated heterocycles. The summed E-state index contributed by atoms with van der Waals surface area (Å²) in [5, 5.41) is 0. The first kappa shape index (κ1) is 16.2. The molecular weight excluding hydrogens is 298 g/mol. The quantitative estimate of drug-likeness (QED) is 0.926. The number of rotatable bonds is 4. The van der Waals surface area contributed by atoms with E-state index in [1.54, 1.807) is 12.1 Å². The monoisotopic (exact) mass is 318 g/mol. The number of alkyl halides is 2. The van der Waals surface area contributed by atoms with Crippen molar-refractivity contribution in [3.8, 4) is 0 Å². The van der Waals surface area contributed by atoms with Crippen molar-refractivity contribution < 1.29 is 17.2 Å². The van der Waals surface area contributed by atoms with E-state index in [1.807, 2.05) is 4.90 Å².